The molecule has 5 rings (SSSR count). The lowest BCUT2D eigenvalue weighted by Gasteiger charge is -2.16. The summed E-state index contributed by atoms with van der Waals surface area (Å²) < 4.78 is 0. The summed E-state index contributed by atoms with van der Waals surface area (Å²) in [5, 5.41) is 0. The molecule has 0 spiro atoms. The highest BCUT2D eigenvalue weighted by molar-refractivity contribution is 5.68. The lowest BCUT2D eigenvalue weighted by Crippen LogP contribution is -2.00. The third-order valence-electron chi connectivity index (χ3n) is 6.12. The van der Waals surface area contributed by atoms with Crippen LogP contribution in [0.4, 0.5) is 0 Å². The van der Waals surface area contributed by atoms with Gasteiger partial charge in [-0.3, -0.25) is 0 Å². The quantitative estimate of drug-likeness (QED) is 0.524. The number of allylic oxidation sites excluding steroid dienone is 8. The van der Waals surface area contributed by atoms with E-state index in [2.05, 4.69) is 64.1 Å². The van der Waals surface area contributed by atoms with Gasteiger partial charge in [0.25, 0.3) is 0 Å². The van der Waals surface area contributed by atoms with Gasteiger partial charge in [-0.05, 0) is 61.1 Å². The van der Waals surface area contributed by atoms with Gasteiger partial charge in [0, 0.05) is 23.7 Å². The average Bonchev–Trinajstić information content (AvgIpc) is 3.21. The molecule has 4 bridgehead atoms. The van der Waals surface area contributed by atoms with Crippen LogP contribution >= 0.6 is 0 Å². The van der Waals surface area contributed by atoms with E-state index in [0.29, 0.717) is 23.7 Å². The Morgan fingerprint density at radius 1 is 0.545 bits per heavy atom. The van der Waals surface area contributed by atoms with Crippen LogP contribution in [0.15, 0.2) is 58.7 Å². The topological polar surface area (TPSA) is 0 Å². The van der Waals surface area contributed by atoms with Gasteiger partial charge in [0.15, 0.2) is 0 Å². The maximum absolute atomic E-state index is 2.54. The second-order valence-corrected chi connectivity index (χ2v) is 7.70. The van der Waals surface area contributed by atoms with Crippen molar-refractivity contribution in [2.24, 2.45) is 0 Å². The minimum Gasteiger partial charge on any atom is -0.0760 e. The second kappa shape index (κ2) is 3.93. The van der Waals surface area contributed by atoms with E-state index in [1.807, 2.05) is 0 Å². The van der Waals surface area contributed by atoms with Gasteiger partial charge >= 0.3 is 0 Å². The summed E-state index contributed by atoms with van der Waals surface area (Å²) in [6.45, 7) is 9.09. The van der Waals surface area contributed by atoms with E-state index in [4.69, 9.17) is 0 Å². The Kier molecular flexibility index (Phi) is 2.27. The van der Waals surface area contributed by atoms with Gasteiger partial charge in [-0.25, -0.2) is 0 Å². The number of fused-ring (bicyclic) bond motifs is 10. The second-order valence-electron chi connectivity index (χ2n) is 7.70. The highest BCUT2D eigenvalue weighted by Crippen LogP contribution is 2.59. The van der Waals surface area contributed by atoms with Crippen molar-refractivity contribution in [1.29, 1.82) is 0 Å². The first-order valence-corrected chi connectivity index (χ1v) is 8.46. The van der Waals surface area contributed by atoms with Crippen LogP contribution in [0.3, 0.4) is 0 Å². The van der Waals surface area contributed by atoms with Crippen molar-refractivity contribution in [2.75, 3.05) is 0 Å². The molecule has 0 saturated carbocycles. The Labute approximate surface area is 132 Å². The molecule has 4 aliphatic rings. The van der Waals surface area contributed by atoms with E-state index < -0.39 is 0 Å². The SMILES string of the molecule is CC(C)=C1[C@H]2C=C[C@H]1c1cc3c(cc12)[C@@H]1C=C[C@@H]3C1=C(C)C. The highest BCUT2D eigenvalue weighted by Gasteiger charge is 2.43. The van der Waals surface area contributed by atoms with Crippen LogP contribution in [-0.4, -0.2) is 0 Å². The smallest absolute Gasteiger partial charge is 0.0243 e. The molecule has 1 aromatic carbocycles. The Morgan fingerprint density at radius 3 is 1.05 bits per heavy atom. The molecule has 0 fully saturated rings. The van der Waals surface area contributed by atoms with E-state index in [1.165, 1.54) is 11.1 Å². The van der Waals surface area contributed by atoms with Gasteiger partial charge in [-0.2, -0.15) is 0 Å². The number of hydrogen-bond donors (Lipinski definition) is 0. The molecule has 0 N–H and O–H groups in total. The first kappa shape index (κ1) is 12.7. The maximum atomic E-state index is 2.54. The standard InChI is InChI=1S/C22H22/c1-11(2)21-13-5-6-14(21)18-10-20-16-8-7-15(22(16)12(3)4)19(20)9-17(13)18/h5-10,13-16H,1-4H3/t13-,14-,15-,16-/m0/s1. The molecule has 0 saturated heterocycles. The third kappa shape index (κ3) is 1.30. The van der Waals surface area contributed by atoms with Crippen molar-refractivity contribution in [3.63, 3.8) is 0 Å². The highest BCUT2D eigenvalue weighted by atomic mass is 14.5. The van der Waals surface area contributed by atoms with Crippen molar-refractivity contribution in [3.8, 4) is 0 Å². The van der Waals surface area contributed by atoms with Crippen LogP contribution in [0.2, 0.25) is 0 Å². The first-order valence-electron chi connectivity index (χ1n) is 8.46. The lowest BCUT2D eigenvalue weighted by atomic mass is 9.88. The fourth-order valence-electron chi connectivity index (χ4n) is 5.32. The predicted molar refractivity (Wildman–Crippen MR) is 92.4 cm³/mol. The van der Waals surface area contributed by atoms with Crippen molar-refractivity contribution < 1.29 is 0 Å². The van der Waals surface area contributed by atoms with Gasteiger partial charge in [0.05, 0.1) is 0 Å². The zero-order chi connectivity index (χ0) is 15.2. The normalized spacial score (nSPS) is 32.0. The van der Waals surface area contributed by atoms with Crippen molar-refractivity contribution in [1.82, 2.24) is 0 Å². The van der Waals surface area contributed by atoms with E-state index in [1.54, 1.807) is 33.4 Å². The maximum Gasteiger partial charge on any atom is 0.0243 e. The first-order chi connectivity index (χ1) is 10.6. The molecule has 0 aliphatic heterocycles. The number of rotatable bonds is 0. The zero-order valence-electron chi connectivity index (χ0n) is 13.8. The number of hydrogen-bond acceptors (Lipinski definition) is 0. The summed E-state index contributed by atoms with van der Waals surface area (Å²) in [6, 6.07) is 5.08. The van der Waals surface area contributed by atoms with Gasteiger partial charge in [-0.1, -0.05) is 47.6 Å². The third-order valence-corrected chi connectivity index (χ3v) is 6.12. The minimum atomic E-state index is 0.550. The van der Waals surface area contributed by atoms with Gasteiger partial charge in [-0.15, -0.1) is 0 Å². The summed E-state index contributed by atoms with van der Waals surface area (Å²) in [6.07, 6.45) is 9.69. The van der Waals surface area contributed by atoms with Crippen molar-refractivity contribution in [2.45, 2.75) is 51.4 Å². The van der Waals surface area contributed by atoms with E-state index in [0.717, 1.165) is 0 Å². The Hall–Kier alpha value is -1.82. The van der Waals surface area contributed by atoms with Crippen molar-refractivity contribution in [3.05, 3.63) is 81.0 Å². The summed E-state index contributed by atoms with van der Waals surface area (Å²) in [4.78, 5) is 0. The molecule has 0 aromatic heterocycles. The lowest BCUT2D eigenvalue weighted by molar-refractivity contribution is 0.977. The minimum absolute atomic E-state index is 0.550. The van der Waals surface area contributed by atoms with E-state index in [9.17, 15) is 0 Å². The van der Waals surface area contributed by atoms with Crippen LogP contribution in [-0.2, 0) is 0 Å². The predicted octanol–water partition coefficient (Wildman–Crippen LogP) is 5.86. The summed E-state index contributed by atoms with van der Waals surface area (Å²) >= 11 is 0. The molecule has 0 heteroatoms. The molecule has 0 heterocycles. The molecule has 0 nitrogen and oxygen atoms in total. The van der Waals surface area contributed by atoms with Crippen LogP contribution in [0.25, 0.3) is 0 Å². The van der Waals surface area contributed by atoms with Crippen LogP contribution < -0.4 is 0 Å². The fourth-order valence-corrected chi connectivity index (χ4v) is 5.32. The molecule has 0 unspecified atom stereocenters. The molecule has 4 aliphatic carbocycles. The van der Waals surface area contributed by atoms with E-state index in [-0.39, 0.29) is 0 Å². The van der Waals surface area contributed by atoms with Crippen LogP contribution in [0.5, 0.6) is 0 Å². The van der Waals surface area contributed by atoms with Crippen LogP contribution in [0, 0.1) is 0 Å². The molecular formula is C22H22. The van der Waals surface area contributed by atoms with Crippen molar-refractivity contribution >= 4 is 0 Å². The van der Waals surface area contributed by atoms with Gasteiger partial charge < -0.3 is 0 Å². The average molecular weight is 286 g/mol. The molecule has 0 radical (unpaired) electrons. The van der Waals surface area contributed by atoms with E-state index >= 15 is 0 Å². The zero-order valence-corrected chi connectivity index (χ0v) is 13.8. The fraction of sp³-hybridized carbons (Fsp3) is 0.364. The Morgan fingerprint density at radius 2 is 0.818 bits per heavy atom. The summed E-state index contributed by atoms with van der Waals surface area (Å²) in [5.74, 6) is 2.20. The molecule has 110 valence electrons. The Balaban J connectivity index is 1.73. The monoisotopic (exact) mass is 286 g/mol. The van der Waals surface area contributed by atoms with Gasteiger partial charge in [0.2, 0.25) is 0 Å². The van der Waals surface area contributed by atoms with Gasteiger partial charge in [0.1, 0.15) is 0 Å². The Bertz CT molecular complexity index is 711. The summed E-state index contributed by atoms with van der Waals surface area (Å²) in [7, 11) is 0. The van der Waals surface area contributed by atoms with Crippen LogP contribution in [0.1, 0.15) is 73.6 Å². The number of benzene rings is 1. The molecular weight excluding hydrogens is 264 g/mol. The molecule has 22 heavy (non-hydrogen) atoms. The summed E-state index contributed by atoms with van der Waals surface area (Å²) in [5.41, 5.74) is 12.6. The largest absolute Gasteiger partial charge is 0.0760 e. The molecule has 0 amide bonds. The molecule has 4 atom stereocenters. The molecule has 1 aromatic rings.